The van der Waals surface area contributed by atoms with Crippen LogP contribution in [0.4, 0.5) is 10.1 Å². The Kier molecular flexibility index (Phi) is 3.69. The highest BCUT2D eigenvalue weighted by Crippen LogP contribution is 2.20. The molecule has 0 fully saturated rings. The van der Waals surface area contributed by atoms with E-state index in [1.54, 1.807) is 6.92 Å². The molecule has 20 heavy (non-hydrogen) atoms. The molecule has 2 N–H and O–H groups in total. The van der Waals surface area contributed by atoms with E-state index in [-0.39, 0.29) is 5.56 Å². The summed E-state index contributed by atoms with van der Waals surface area (Å²) < 4.78 is 13.0. The molecule has 1 aromatic heterocycles. The number of hydrogen-bond acceptors (Lipinski definition) is 5. The average Bonchev–Trinajstić information content (AvgIpc) is 2.92. The van der Waals surface area contributed by atoms with E-state index >= 15 is 0 Å². The fourth-order valence-electron chi connectivity index (χ4n) is 1.61. The largest absolute Gasteiger partial charge is 0.342 e. The molecule has 1 unspecified atom stereocenters. The van der Waals surface area contributed by atoms with Crippen LogP contribution in [0.2, 0.25) is 0 Å². The molecule has 0 bridgehead atoms. The molecule has 1 atom stereocenters. The van der Waals surface area contributed by atoms with E-state index in [4.69, 9.17) is 0 Å². The molecule has 0 saturated heterocycles. The van der Waals surface area contributed by atoms with Gasteiger partial charge in [0.15, 0.2) is 0 Å². The van der Waals surface area contributed by atoms with Crippen molar-refractivity contribution in [1.29, 1.82) is 0 Å². The fourth-order valence-corrected chi connectivity index (χ4v) is 1.61. The van der Waals surface area contributed by atoms with Crippen molar-refractivity contribution in [1.82, 2.24) is 20.5 Å². The Bertz CT molecular complexity index is 644. The van der Waals surface area contributed by atoms with Gasteiger partial charge in [0, 0.05) is 0 Å². The summed E-state index contributed by atoms with van der Waals surface area (Å²) in [7, 11) is 0. The van der Waals surface area contributed by atoms with Gasteiger partial charge in [-0.25, -0.2) is 9.37 Å². The smallest absolute Gasteiger partial charge is 0.285 e. The van der Waals surface area contributed by atoms with Gasteiger partial charge in [-0.15, -0.1) is 0 Å². The summed E-state index contributed by atoms with van der Waals surface area (Å²) in [5, 5.41) is 19.5. The number of carbonyl (C=O) groups excluding carboxylic acids is 1. The van der Waals surface area contributed by atoms with Gasteiger partial charge in [-0.2, -0.15) is 5.10 Å². The van der Waals surface area contributed by atoms with Crippen LogP contribution in [0, 0.1) is 15.9 Å². The number of nitro groups is 1. The minimum atomic E-state index is -0.808. The summed E-state index contributed by atoms with van der Waals surface area (Å²) in [6.07, 6.45) is 1.28. The van der Waals surface area contributed by atoms with Crippen LogP contribution in [0.25, 0.3) is 0 Å². The maximum absolute atomic E-state index is 13.0. The van der Waals surface area contributed by atoms with E-state index in [1.165, 1.54) is 6.33 Å². The number of amides is 1. The molecule has 1 amide bonds. The Morgan fingerprint density at radius 1 is 1.55 bits per heavy atom. The normalized spacial score (nSPS) is 11.9. The minimum absolute atomic E-state index is 0.220. The van der Waals surface area contributed by atoms with Gasteiger partial charge in [-0.1, -0.05) is 0 Å². The van der Waals surface area contributed by atoms with Gasteiger partial charge in [0.1, 0.15) is 23.5 Å². The maximum atomic E-state index is 13.0. The summed E-state index contributed by atoms with van der Waals surface area (Å²) in [6, 6.07) is 2.24. The number of carbonyl (C=O) groups is 1. The summed E-state index contributed by atoms with van der Waals surface area (Å²) in [4.78, 5) is 25.9. The number of nitrogens with zero attached hydrogens (tertiary/aromatic N) is 3. The number of halogens is 1. The van der Waals surface area contributed by atoms with Crippen LogP contribution in [0.1, 0.15) is 29.1 Å². The quantitative estimate of drug-likeness (QED) is 0.647. The topological polar surface area (TPSA) is 114 Å². The highest BCUT2D eigenvalue weighted by Gasteiger charge is 2.22. The molecule has 2 aromatic rings. The summed E-state index contributed by atoms with van der Waals surface area (Å²) in [5.74, 6) is -1.07. The molecule has 9 heteroatoms. The maximum Gasteiger partial charge on any atom is 0.285 e. The van der Waals surface area contributed by atoms with Crippen molar-refractivity contribution in [2.24, 2.45) is 0 Å². The SMILES string of the molecule is CC(NC(=O)c1ccc(F)cc1[N+](=O)[O-])c1ncn[nH]1. The first-order valence-corrected chi connectivity index (χ1v) is 5.59. The van der Waals surface area contributed by atoms with Gasteiger partial charge in [0.2, 0.25) is 0 Å². The van der Waals surface area contributed by atoms with Crippen LogP contribution >= 0.6 is 0 Å². The number of nitro benzene ring substituents is 1. The number of hydrogen-bond donors (Lipinski definition) is 2. The van der Waals surface area contributed by atoms with Crippen molar-refractivity contribution in [3.05, 3.63) is 51.8 Å². The number of aromatic amines is 1. The molecule has 0 aliphatic heterocycles. The van der Waals surface area contributed by atoms with Gasteiger partial charge >= 0.3 is 0 Å². The van der Waals surface area contributed by atoms with Crippen molar-refractivity contribution in [3.8, 4) is 0 Å². The molecule has 1 heterocycles. The molecule has 1 aromatic carbocycles. The Hall–Kier alpha value is -2.84. The lowest BCUT2D eigenvalue weighted by Crippen LogP contribution is -2.28. The monoisotopic (exact) mass is 279 g/mol. The standard InChI is InChI=1S/C11H10FN5O3/c1-6(10-13-5-14-16-10)15-11(18)8-3-2-7(12)4-9(8)17(19)20/h2-6H,1H3,(H,15,18)(H,13,14,16). The molecule has 0 spiro atoms. The number of rotatable bonds is 4. The first kappa shape index (κ1) is 13.6. The van der Waals surface area contributed by atoms with E-state index in [9.17, 15) is 19.3 Å². The van der Waals surface area contributed by atoms with Crippen LogP contribution in [0.15, 0.2) is 24.5 Å². The average molecular weight is 279 g/mol. The molecule has 0 radical (unpaired) electrons. The summed E-state index contributed by atoms with van der Waals surface area (Å²) >= 11 is 0. The molecule has 0 aliphatic rings. The Labute approximate surface area is 112 Å². The molecular weight excluding hydrogens is 269 g/mol. The van der Waals surface area contributed by atoms with E-state index in [2.05, 4.69) is 20.5 Å². The van der Waals surface area contributed by atoms with E-state index < -0.39 is 28.4 Å². The van der Waals surface area contributed by atoms with E-state index in [1.807, 2.05) is 0 Å². The lowest BCUT2D eigenvalue weighted by Gasteiger charge is -2.11. The molecule has 8 nitrogen and oxygen atoms in total. The second-order valence-electron chi connectivity index (χ2n) is 3.98. The van der Waals surface area contributed by atoms with Gasteiger partial charge < -0.3 is 5.32 Å². The molecule has 0 aliphatic carbocycles. The summed E-state index contributed by atoms with van der Waals surface area (Å²) in [6.45, 7) is 1.63. The second kappa shape index (κ2) is 5.43. The van der Waals surface area contributed by atoms with Gasteiger partial charge in [0.25, 0.3) is 11.6 Å². The van der Waals surface area contributed by atoms with Crippen molar-refractivity contribution in [2.75, 3.05) is 0 Å². The molecule has 0 saturated carbocycles. The number of nitrogens with one attached hydrogen (secondary N) is 2. The third-order valence-electron chi connectivity index (χ3n) is 2.59. The first-order chi connectivity index (χ1) is 9.49. The lowest BCUT2D eigenvalue weighted by molar-refractivity contribution is -0.385. The van der Waals surface area contributed by atoms with Crippen LogP contribution in [-0.2, 0) is 0 Å². The third-order valence-corrected chi connectivity index (χ3v) is 2.59. The van der Waals surface area contributed by atoms with Crippen LogP contribution in [-0.4, -0.2) is 26.0 Å². The highest BCUT2D eigenvalue weighted by atomic mass is 19.1. The predicted octanol–water partition coefficient (Wildman–Crippen LogP) is 1.34. The molecule has 2 rings (SSSR count). The van der Waals surface area contributed by atoms with Gasteiger partial charge in [-0.3, -0.25) is 20.0 Å². The van der Waals surface area contributed by atoms with E-state index in [0.717, 1.165) is 12.1 Å². The highest BCUT2D eigenvalue weighted by molar-refractivity contribution is 5.98. The van der Waals surface area contributed by atoms with Crippen LogP contribution in [0.3, 0.4) is 0 Å². The van der Waals surface area contributed by atoms with Crippen LogP contribution < -0.4 is 5.32 Å². The van der Waals surface area contributed by atoms with Crippen molar-refractivity contribution >= 4 is 11.6 Å². The number of benzene rings is 1. The fraction of sp³-hybridized carbons (Fsp3) is 0.182. The number of aromatic nitrogens is 3. The van der Waals surface area contributed by atoms with Crippen LogP contribution in [0.5, 0.6) is 0 Å². The third kappa shape index (κ3) is 2.76. The van der Waals surface area contributed by atoms with Crippen molar-refractivity contribution in [2.45, 2.75) is 13.0 Å². The zero-order valence-corrected chi connectivity index (χ0v) is 10.3. The minimum Gasteiger partial charge on any atom is -0.342 e. The lowest BCUT2D eigenvalue weighted by atomic mass is 10.1. The molecule has 104 valence electrons. The predicted molar refractivity (Wildman–Crippen MR) is 65.3 cm³/mol. The summed E-state index contributed by atoms with van der Waals surface area (Å²) in [5.41, 5.74) is -0.810. The second-order valence-corrected chi connectivity index (χ2v) is 3.98. The number of H-pyrrole nitrogens is 1. The van der Waals surface area contributed by atoms with Crippen molar-refractivity contribution < 1.29 is 14.1 Å². The van der Waals surface area contributed by atoms with Crippen molar-refractivity contribution in [3.63, 3.8) is 0 Å². The Morgan fingerprint density at radius 3 is 2.90 bits per heavy atom. The zero-order valence-electron chi connectivity index (χ0n) is 10.3. The first-order valence-electron chi connectivity index (χ1n) is 5.59. The Balaban J connectivity index is 2.23. The van der Waals surface area contributed by atoms with Gasteiger partial charge in [0.05, 0.1) is 17.0 Å². The zero-order chi connectivity index (χ0) is 14.7. The van der Waals surface area contributed by atoms with E-state index in [0.29, 0.717) is 11.9 Å². The van der Waals surface area contributed by atoms with Gasteiger partial charge in [-0.05, 0) is 19.1 Å². The molecular formula is C11H10FN5O3. The Morgan fingerprint density at radius 2 is 2.30 bits per heavy atom.